The number of hydrogen-bond acceptors (Lipinski definition) is 6. The lowest BCUT2D eigenvalue weighted by Gasteiger charge is -2.31. The predicted molar refractivity (Wildman–Crippen MR) is 113 cm³/mol. The Morgan fingerprint density at radius 2 is 1.93 bits per heavy atom. The average Bonchev–Trinajstić information content (AvgIpc) is 3.29. The number of hydrogen-bond donors (Lipinski definition) is 1. The molecule has 1 atom stereocenters. The van der Waals surface area contributed by atoms with Gasteiger partial charge in [0.15, 0.2) is 0 Å². The highest BCUT2D eigenvalue weighted by Crippen LogP contribution is 2.28. The molecule has 0 spiro atoms. The van der Waals surface area contributed by atoms with Gasteiger partial charge in [0.1, 0.15) is 5.82 Å². The molecule has 2 aliphatic heterocycles. The summed E-state index contributed by atoms with van der Waals surface area (Å²) >= 11 is 0. The highest BCUT2D eigenvalue weighted by atomic mass is 32.2. The van der Waals surface area contributed by atoms with Crippen molar-refractivity contribution in [3.63, 3.8) is 0 Å². The van der Waals surface area contributed by atoms with Gasteiger partial charge >= 0.3 is 10.2 Å². The lowest BCUT2D eigenvalue weighted by Crippen LogP contribution is -2.42. The minimum atomic E-state index is -3.66. The maximum absolute atomic E-state index is 12.9. The van der Waals surface area contributed by atoms with Crippen LogP contribution in [0, 0.1) is 0 Å². The molecular formula is C20H28N6O2S. The van der Waals surface area contributed by atoms with Crippen molar-refractivity contribution in [2.24, 2.45) is 0 Å². The van der Waals surface area contributed by atoms with E-state index in [0.29, 0.717) is 18.9 Å². The molecule has 0 aromatic carbocycles. The van der Waals surface area contributed by atoms with E-state index >= 15 is 0 Å². The third kappa shape index (κ3) is 4.67. The molecule has 8 nitrogen and oxygen atoms in total. The van der Waals surface area contributed by atoms with Crippen molar-refractivity contribution in [1.29, 1.82) is 0 Å². The van der Waals surface area contributed by atoms with Gasteiger partial charge in [-0.2, -0.15) is 12.7 Å². The predicted octanol–water partition coefficient (Wildman–Crippen LogP) is 2.57. The molecule has 1 N–H and O–H groups in total. The normalized spacial score (nSPS) is 20.7. The summed E-state index contributed by atoms with van der Waals surface area (Å²) < 4.78 is 30.0. The summed E-state index contributed by atoms with van der Waals surface area (Å²) in [6.45, 7) is 4.89. The van der Waals surface area contributed by atoms with E-state index in [1.54, 1.807) is 12.3 Å². The smallest absolute Gasteiger partial charge is 0.302 e. The Labute approximate surface area is 172 Å². The Hall–Kier alpha value is -2.26. The van der Waals surface area contributed by atoms with Gasteiger partial charge in [0.2, 0.25) is 5.95 Å². The first-order valence-electron chi connectivity index (χ1n) is 10.4. The lowest BCUT2D eigenvalue weighted by molar-refractivity contribution is 0.314. The zero-order chi connectivity index (χ0) is 20.3. The molecule has 0 saturated carbocycles. The van der Waals surface area contributed by atoms with Gasteiger partial charge in [-0.25, -0.2) is 15.0 Å². The number of pyridine rings is 1. The van der Waals surface area contributed by atoms with Crippen LogP contribution >= 0.6 is 0 Å². The molecule has 2 aliphatic rings. The van der Waals surface area contributed by atoms with Crippen molar-refractivity contribution in [2.45, 2.75) is 44.9 Å². The van der Waals surface area contributed by atoms with Crippen LogP contribution in [0.3, 0.4) is 0 Å². The van der Waals surface area contributed by atoms with Crippen LogP contribution in [0.5, 0.6) is 0 Å². The Bertz CT molecular complexity index is 945. The van der Waals surface area contributed by atoms with Crippen LogP contribution < -0.4 is 9.62 Å². The van der Waals surface area contributed by atoms with Crippen LogP contribution in [-0.2, 0) is 16.6 Å². The van der Waals surface area contributed by atoms with Gasteiger partial charge in [-0.3, -0.25) is 4.72 Å². The van der Waals surface area contributed by atoms with E-state index in [1.807, 2.05) is 25.1 Å². The van der Waals surface area contributed by atoms with Crippen molar-refractivity contribution < 1.29 is 8.42 Å². The van der Waals surface area contributed by atoms with Crippen LogP contribution in [0.15, 0.2) is 30.5 Å². The molecule has 2 fully saturated rings. The Morgan fingerprint density at radius 1 is 1.10 bits per heavy atom. The SMILES string of the molecule is CCc1cccc(NS(=O)(=O)N2CCCC(c3ccnc(N4CCCC4)n3)C2)n1. The number of nitrogens with one attached hydrogen (secondary N) is 1. The minimum absolute atomic E-state index is 0.0691. The first kappa shape index (κ1) is 20.0. The fourth-order valence-electron chi connectivity index (χ4n) is 3.99. The minimum Gasteiger partial charge on any atom is -0.341 e. The number of aromatic nitrogens is 3. The van der Waals surface area contributed by atoms with Crippen molar-refractivity contribution >= 4 is 22.0 Å². The van der Waals surface area contributed by atoms with E-state index < -0.39 is 10.2 Å². The second-order valence-electron chi connectivity index (χ2n) is 7.65. The van der Waals surface area contributed by atoms with Crippen molar-refractivity contribution in [2.75, 3.05) is 35.8 Å². The highest BCUT2D eigenvalue weighted by molar-refractivity contribution is 7.90. The second kappa shape index (κ2) is 8.62. The highest BCUT2D eigenvalue weighted by Gasteiger charge is 2.31. The van der Waals surface area contributed by atoms with E-state index in [2.05, 4.69) is 19.6 Å². The molecule has 0 amide bonds. The summed E-state index contributed by atoms with van der Waals surface area (Å²) in [5.74, 6) is 1.20. The number of nitrogens with zero attached hydrogens (tertiary/aromatic N) is 5. The largest absolute Gasteiger partial charge is 0.341 e. The molecule has 0 radical (unpaired) electrons. The topological polar surface area (TPSA) is 91.3 Å². The molecule has 2 aromatic rings. The molecule has 0 bridgehead atoms. The first-order chi connectivity index (χ1) is 14.0. The van der Waals surface area contributed by atoms with Gasteiger partial charge in [-0.1, -0.05) is 13.0 Å². The summed E-state index contributed by atoms with van der Waals surface area (Å²) in [6.07, 6.45) is 6.61. The van der Waals surface area contributed by atoms with Gasteiger partial charge in [0, 0.05) is 44.0 Å². The Kier molecular flexibility index (Phi) is 5.96. The summed E-state index contributed by atoms with van der Waals surface area (Å²) in [6, 6.07) is 7.32. The van der Waals surface area contributed by atoms with E-state index in [9.17, 15) is 8.42 Å². The van der Waals surface area contributed by atoms with Crippen molar-refractivity contribution in [3.05, 3.63) is 41.9 Å². The first-order valence-corrected chi connectivity index (χ1v) is 11.8. The monoisotopic (exact) mass is 416 g/mol. The van der Waals surface area contributed by atoms with Crippen LogP contribution in [0.1, 0.15) is 49.9 Å². The Morgan fingerprint density at radius 3 is 2.72 bits per heavy atom. The molecule has 4 heterocycles. The summed E-state index contributed by atoms with van der Waals surface area (Å²) in [5.41, 5.74) is 1.78. The van der Waals surface area contributed by atoms with Gasteiger partial charge in [-0.05, 0) is 50.3 Å². The number of anilines is 2. The van der Waals surface area contributed by atoms with Gasteiger partial charge < -0.3 is 4.90 Å². The number of rotatable bonds is 6. The number of piperidine rings is 1. The molecule has 4 rings (SSSR count). The maximum atomic E-state index is 12.9. The molecule has 2 aromatic heterocycles. The summed E-state index contributed by atoms with van der Waals surface area (Å²) in [4.78, 5) is 15.7. The van der Waals surface area contributed by atoms with E-state index in [4.69, 9.17) is 4.98 Å². The molecule has 1 unspecified atom stereocenters. The van der Waals surface area contributed by atoms with E-state index in [1.165, 1.54) is 17.1 Å². The van der Waals surface area contributed by atoms with Crippen LogP contribution in [0.4, 0.5) is 11.8 Å². The van der Waals surface area contributed by atoms with Crippen LogP contribution in [-0.4, -0.2) is 53.9 Å². The number of aryl methyl sites for hydroxylation is 1. The van der Waals surface area contributed by atoms with Crippen LogP contribution in [0.2, 0.25) is 0 Å². The zero-order valence-corrected chi connectivity index (χ0v) is 17.6. The molecule has 0 aliphatic carbocycles. The lowest BCUT2D eigenvalue weighted by atomic mass is 9.96. The third-order valence-corrected chi connectivity index (χ3v) is 7.08. The molecule has 2 saturated heterocycles. The van der Waals surface area contributed by atoms with Crippen LogP contribution in [0.25, 0.3) is 0 Å². The fraction of sp³-hybridized carbons (Fsp3) is 0.550. The van der Waals surface area contributed by atoms with E-state index in [-0.39, 0.29) is 5.92 Å². The maximum Gasteiger partial charge on any atom is 0.302 e. The summed E-state index contributed by atoms with van der Waals surface area (Å²) in [7, 11) is -3.66. The summed E-state index contributed by atoms with van der Waals surface area (Å²) in [5, 5.41) is 0. The zero-order valence-electron chi connectivity index (χ0n) is 16.8. The van der Waals surface area contributed by atoms with Gasteiger partial charge in [0.25, 0.3) is 0 Å². The van der Waals surface area contributed by atoms with Crippen molar-refractivity contribution in [3.8, 4) is 0 Å². The van der Waals surface area contributed by atoms with E-state index in [0.717, 1.165) is 49.7 Å². The van der Waals surface area contributed by atoms with Gasteiger partial charge in [-0.15, -0.1) is 0 Å². The molecule has 29 heavy (non-hydrogen) atoms. The molecule has 9 heteroatoms. The standard InChI is InChI=1S/C20H28N6O2S/c1-2-17-8-5-9-19(22-17)24-29(27,28)26-14-6-7-16(15-26)18-10-11-21-20(23-18)25-12-3-4-13-25/h5,8-11,16H,2-4,6-7,12-15H2,1H3,(H,22,24). The third-order valence-electron chi connectivity index (χ3n) is 5.60. The Balaban J connectivity index is 1.48. The molecular weight excluding hydrogens is 388 g/mol. The quantitative estimate of drug-likeness (QED) is 0.778. The van der Waals surface area contributed by atoms with Gasteiger partial charge in [0.05, 0.1) is 5.69 Å². The second-order valence-corrected chi connectivity index (χ2v) is 9.32. The fourth-order valence-corrected chi connectivity index (χ4v) is 5.24. The molecule has 156 valence electrons. The van der Waals surface area contributed by atoms with Crippen molar-refractivity contribution in [1.82, 2.24) is 19.3 Å². The average molecular weight is 417 g/mol.